The van der Waals surface area contributed by atoms with Crippen LogP contribution in [0.15, 0.2) is 91.0 Å². The van der Waals surface area contributed by atoms with Crippen LogP contribution >= 0.6 is 0 Å². The van der Waals surface area contributed by atoms with E-state index in [0.717, 1.165) is 0 Å². The molecule has 0 saturated heterocycles. The zero-order valence-corrected chi connectivity index (χ0v) is 23.2. The van der Waals surface area contributed by atoms with Crippen molar-refractivity contribution in [3.63, 3.8) is 0 Å². The van der Waals surface area contributed by atoms with Crippen LogP contribution in [0, 0.1) is 38.6 Å². The van der Waals surface area contributed by atoms with E-state index in [-0.39, 0.29) is 92.6 Å². The van der Waals surface area contributed by atoms with E-state index in [1.165, 1.54) is 20.8 Å². The summed E-state index contributed by atoms with van der Waals surface area (Å²) in [7, 11) is 0. The third-order valence-electron chi connectivity index (χ3n) is 4.52. The van der Waals surface area contributed by atoms with Crippen molar-refractivity contribution in [2.75, 3.05) is 0 Å². The molecule has 0 N–H and O–H groups in total. The number of hydrogen-bond acceptors (Lipinski definition) is 6. The van der Waals surface area contributed by atoms with Crippen LogP contribution in [0.1, 0.15) is 71.1 Å². The zero-order valence-electron chi connectivity index (χ0n) is 21.1. The molecule has 3 rings (SSSR count). The number of carbonyl (C=O) groups is 6. The standard InChI is InChI=1S/3C10H10O2.Tb/c3*1-8(11)7-10(12)9-5-3-2-4-6-9;/h3*2-6H,7H2,1H3;/q;;;+3. The Kier molecular flexibility index (Phi) is 17.6. The van der Waals surface area contributed by atoms with Crippen molar-refractivity contribution in [2.45, 2.75) is 40.0 Å². The summed E-state index contributed by atoms with van der Waals surface area (Å²) in [6, 6.07) is 26.5. The molecule has 0 aliphatic heterocycles. The third-order valence-corrected chi connectivity index (χ3v) is 4.52. The summed E-state index contributed by atoms with van der Waals surface area (Å²) in [5.41, 5.74) is 1.81. The minimum absolute atomic E-state index is 0. The van der Waals surface area contributed by atoms with E-state index in [1.807, 2.05) is 18.2 Å². The Morgan fingerprint density at radius 2 is 0.595 bits per heavy atom. The number of ketones is 6. The van der Waals surface area contributed by atoms with E-state index in [1.54, 1.807) is 72.8 Å². The van der Waals surface area contributed by atoms with Crippen molar-refractivity contribution in [1.82, 2.24) is 0 Å². The fourth-order valence-corrected chi connectivity index (χ4v) is 2.86. The largest absolute Gasteiger partial charge is 3.00 e. The summed E-state index contributed by atoms with van der Waals surface area (Å²) >= 11 is 0. The molecule has 0 atom stereocenters. The van der Waals surface area contributed by atoms with Crippen LogP contribution in [0.5, 0.6) is 0 Å². The molecule has 37 heavy (non-hydrogen) atoms. The van der Waals surface area contributed by atoms with E-state index in [0.29, 0.717) is 16.7 Å². The third kappa shape index (κ3) is 15.6. The van der Waals surface area contributed by atoms with Crippen molar-refractivity contribution in [3.05, 3.63) is 108 Å². The van der Waals surface area contributed by atoms with Gasteiger partial charge in [-0.2, -0.15) is 0 Å². The number of hydrogen-bond donors (Lipinski definition) is 0. The van der Waals surface area contributed by atoms with E-state index >= 15 is 0 Å². The first-order valence-electron chi connectivity index (χ1n) is 11.3. The second-order valence-electron chi connectivity index (χ2n) is 8.00. The summed E-state index contributed by atoms with van der Waals surface area (Å²) in [5, 5.41) is 0. The van der Waals surface area contributed by atoms with E-state index in [4.69, 9.17) is 0 Å². The van der Waals surface area contributed by atoms with Crippen LogP contribution in [0.25, 0.3) is 0 Å². The minimum atomic E-state index is -0.108. The quantitative estimate of drug-likeness (QED) is 0.224. The number of carbonyl (C=O) groups excluding carboxylic acids is 6. The topological polar surface area (TPSA) is 102 Å². The van der Waals surface area contributed by atoms with Crippen LogP contribution in [-0.2, 0) is 14.4 Å². The van der Waals surface area contributed by atoms with Gasteiger partial charge in [0.05, 0.1) is 19.3 Å². The molecule has 0 unspecified atom stereocenters. The van der Waals surface area contributed by atoms with Gasteiger partial charge in [0, 0.05) is 16.7 Å². The first-order valence-corrected chi connectivity index (χ1v) is 11.3. The molecule has 6 nitrogen and oxygen atoms in total. The Hall–Kier alpha value is -3.03. The second-order valence-corrected chi connectivity index (χ2v) is 8.00. The van der Waals surface area contributed by atoms with E-state index < -0.39 is 0 Å². The van der Waals surface area contributed by atoms with Gasteiger partial charge in [0.25, 0.3) is 0 Å². The van der Waals surface area contributed by atoms with Crippen LogP contribution < -0.4 is 0 Å². The number of rotatable bonds is 9. The molecule has 0 aliphatic carbocycles. The Balaban J connectivity index is 0.000000518. The molecule has 7 heteroatoms. The zero-order chi connectivity index (χ0) is 26.9. The maximum absolute atomic E-state index is 11.2. The molecule has 0 radical (unpaired) electrons. The van der Waals surface area contributed by atoms with Crippen molar-refractivity contribution >= 4 is 34.7 Å². The van der Waals surface area contributed by atoms with Gasteiger partial charge in [0.2, 0.25) is 0 Å². The molecule has 3 aromatic rings. The van der Waals surface area contributed by atoms with E-state index in [9.17, 15) is 28.8 Å². The van der Waals surface area contributed by atoms with Crippen molar-refractivity contribution in [3.8, 4) is 0 Å². The fourth-order valence-electron chi connectivity index (χ4n) is 2.86. The Bertz CT molecular complexity index is 1020. The van der Waals surface area contributed by atoms with Gasteiger partial charge in [-0.1, -0.05) is 91.0 Å². The molecular weight excluding hydrogens is 615 g/mol. The maximum atomic E-state index is 11.2. The molecule has 0 saturated carbocycles. The van der Waals surface area contributed by atoms with Gasteiger partial charge in [-0.05, 0) is 20.8 Å². The van der Waals surface area contributed by atoms with Gasteiger partial charge in [0.15, 0.2) is 17.3 Å². The molecular formula is C30H30O6Tb+3. The molecule has 0 heterocycles. The van der Waals surface area contributed by atoms with Gasteiger partial charge in [-0.15, -0.1) is 0 Å². The Morgan fingerprint density at radius 1 is 0.405 bits per heavy atom. The number of benzene rings is 3. The molecule has 0 aliphatic rings. The molecule has 0 bridgehead atoms. The molecule has 0 amide bonds. The SMILES string of the molecule is CC(=O)CC(=O)c1ccccc1.CC(=O)CC(=O)c1ccccc1.CC(=O)CC(=O)c1ccccc1.[Tb+3]. The predicted octanol–water partition coefficient (Wildman–Crippen LogP) is 5.55. The van der Waals surface area contributed by atoms with Crippen molar-refractivity contribution in [1.29, 1.82) is 0 Å². The van der Waals surface area contributed by atoms with E-state index in [2.05, 4.69) is 0 Å². The van der Waals surface area contributed by atoms with Crippen LogP contribution in [0.3, 0.4) is 0 Å². The number of Topliss-reactive ketones (excluding diaryl/α,β-unsaturated/α-hetero) is 6. The van der Waals surface area contributed by atoms with Crippen LogP contribution in [-0.4, -0.2) is 34.7 Å². The smallest absolute Gasteiger partial charge is 0.300 e. The summed E-state index contributed by atoms with van der Waals surface area (Å²) in [4.78, 5) is 65.5. The monoisotopic (exact) mass is 645 g/mol. The van der Waals surface area contributed by atoms with Gasteiger partial charge >= 0.3 is 38.6 Å². The molecule has 192 valence electrons. The van der Waals surface area contributed by atoms with Gasteiger partial charge in [-0.25, -0.2) is 0 Å². The average Bonchev–Trinajstić information content (AvgIpc) is 2.85. The van der Waals surface area contributed by atoms with Gasteiger partial charge in [-0.3, -0.25) is 28.8 Å². The summed E-state index contributed by atoms with van der Waals surface area (Å²) in [5.74, 6) is -0.606. The first-order chi connectivity index (χ1) is 17.1. The molecule has 0 aromatic heterocycles. The molecule has 0 fully saturated rings. The summed E-state index contributed by atoms with van der Waals surface area (Å²) < 4.78 is 0. The maximum Gasteiger partial charge on any atom is 3.00 e. The fraction of sp³-hybridized carbons (Fsp3) is 0.200. The molecule has 0 spiro atoms. The van der Waals surface area contributed by atoms with Crippen molar-refractivity contribution in [2.24, 2.45) is 0 Å². The van der Waals surface area contributed by atoms with Gasteiger partial charge in [0.1, 0.15) is 17.3 Å². The first kappa shape index (κ1) is 34.0. The summed E-state index contributed by atoms with van der Waals surface area (Å²) in [6.45, 7) is 4.25. The second kappa shape index (κ2) is 19.1. The van der Waals surface area contributed by atoms with Crippen molar-refractivity contribution < 1.29 is 67.4 Å². The molecule has 3 aromatic carbocycles. The minimum Gasteiger partial charge on any atom is -0.300 e. The predicted molar refractivity (Wildman–Crippen MR) is 138 cm³/mol. The Morgan fingerprint density at radius 3 is 0.757 bits per heavy atom. The van der Waals surface area contributed by atoms with Gasteiger partial charge < -0.3 is 0 Å². The normalized spacial score (nSPS) is 9.16. The average molecular weight is 645 g/mol. The van der Waals surface area contributed by atoms with Crippen LogP contribution in [0.2, 0.25) is 0 Å². The summed E-state index contributed by atoms with van der Waals surface area (Å²) in [6.07, 6.45) is 0.0119. The van der Waals surface area contributed by atoms with Crippen LogP contribution in [0.4, 0.5) is 0 Å². The Labute approximate surface area is 248 Å².